The summed E-state index contributed by atoms with van der Waals surface area (Å²) in [5, 5.41) is 10.4. The zero-order chi connectivity index (χ0) is 14.8. The van der Waals surface area contributed by atoms with Crippen molar-refractivity contribution in [2.24, 2.45) is 5.73 Å². The maximum atomic E-state index is 11.5. The number of carbonyl (C=O) groups is 1. The SMILES string of the molecule is CCC(=O)CC(N)c1cc(Br)cc(C(C)(C)C)c1O. The lowest BCUT2D eigenvalue weighted by Crippen LogP contribution is -2.18. The zero-order valence-corrected chi connectivity index (χ0v) is 13.5. The molecule has 1 atom stereocenters. The quantitative estimate of drug-likeness (QED) is 0.883. The van der Waals surface area contributed by atoms with Crippen LogP contribution in [0.2, 0.25) is 0 Å². The van der Waals surface area contributed by atoms with Gasteiger partial charge in [0.25, 0.3) is 0 Å². The Morgan fingerprint density at radius 2 is 2.00 bits per heavy atom. The molecule has 0 saturated carbocycles. The number of aromatic hydroxyl groups is 1. The smallest absolute Gasteiger partial charge is 0.134 e. The molecule has 0 aliphatic heterocycles. The highest BCUT2D eigenvalue weighted by atomic mass is 79.9. The molecule has 3 N–H and O–H groups in total. The minimum absolute atomic E-state index is 0.101. The molecule has 0 radical (unpaired) electrons. The maximum absolute atomic E-state index is 11.5. The molecule has 0 saturated heterocycles. The van der Waals surface area contributed by atoms with Crippen LogP contribution in [-0.2, 0) is 10.2 Å². The third-order valence-electron chi connectivity index (χ3n) is 3.15. The topological polar surface area (TPSA) is 63.3 Å². The standard InChI is InChI=1S/C15H22BrNO2/c1-5-10(18)8-13(17)11-6-9(16)7-12(14(11)19)15(2,3)4/h6-7,13,19H,5,8,17H2,1-4H3. The van der Waals surface area contributed by atoms with E-state index in [4.69, 9.17) is 5.73 Å². The summed E-state index contributed by atoms with van der Waals surface area (Å²) in [6.45, 7) is 7.90. The number of Topliss-reactive ketones (excluding diaryl/α,β-unsaturated/α-hetero) is 1. The molecule has 0 aromatic heterocycles. The lowest BCUT2D eigenvalue weighted by molar-refractivity contribution is -0.119. The van der Waals surface area contributed by atoms with Crippen LogP contribution in [0, 0.1) is 0 Å². The highest BCUT2D eigenvalue weighted by Crippen LogP contribution is 2.38. The van der Waals surface area contributed by atoms with E-state index in [-0.39, 0.29) is 23.4 Å². The molecule has 0 spiro atoms. The van der Waals surface area contributed by atoms with E-state index in [1.54, 1.807) is 6.07 Å². The van der Waals surface area contributed by atoms with Crippen molar-refractivity contribution in [3.8, 4) is 5.75 Å². The summed E-state index contributed by atoms with van der Waals surface area (Å²) >= 11 is 3.44. The second-order valence-corrected chi connectivity index (χ2v) is 6.76. The number of nitrogens with two attached hydrogens (primary N) is 1. The van der Waals surface area contributed by atoms with Gasteiger partial charge in [-0.1, -0.05) is 43.6 Å². The summed E-state index contributed by atoms with van der Waals surface area (Å²) < 4.78 is 0.865. The first kappa shape index (κ1) is 16.2. The van der Waals surface area contributed by atoms with E-state index in [9.17, 15) is 9.90 Å². The number of hydrogen-bond donors (Lipinski definition) is 2. The molecule has 19 heavy (non-hydrogen) atoms. The molecule has 0 amide bonds. The molecule has 1 aromatic rings. The Bertz CT molecular complexity index is 478. The highest BCUT2D eigenvalue weighted by Gasteiger charge is 2.24. The predicted octanol–water partition coefficient (Wildman–Crippen LogP) is 3.82. The summed E-state index contributed by atoms with van der Waals surface area (Å²) in [6, 6.07) is 3.22. The molecule has 3 nitrogen and oxygen atoms in total. The number of ketones is 1. The molecule has 1 rings (SSSR count). The van der Waals surface area contributed by atoms with Crippen LogP contribution >= 0.6 is 15.9 Å². The Morgan fingerprint density at radius 1 is 1.42 bits per heavy atom. The van der Waals surface area contributed by atoms with Crippen molar-refractivity contribution in [2.75, 3.05) is 0 Å². The number of hydrogen-bond acceptors (Lipinski definition) is 3. The number of halogens is 1. The van der Waals surface area contributed by atoms with Gasteiger partial charge in [-0.15, -0.1) is 0 Å². The maximum Gasteiger partial charge on any atom is 0.134 e. The molecule has 1 unspecified atom stereocenters. The van der Waals surface area contributed by atoms with Gasteiger partial charge in [0, 0.05) is 34.5 Å². The van der Waals surface area contributed by atoms with E-state index in [1.807, 2.05) is 33.8 Å². The normalized spacial score (nSPS) is 13.4. The van der Waals surface area contributed by atoms with Crippen LogP contribution in [-0.4, -0.2) is 10.9 Å². The van der Waals surface area contributed by atoms with Crippen molar-refractivity contribution in [1.82, 2.24) is 0 Å². The van der Waals surface area contributed by atoms with Crippen LogP contribution in [0.15, 0.2) is 16.6 Å². The Kier molecular flexibility index (Phi) is 5.16. The molecule has 4 heteroatoms. The molecule has 0 fully saturated rings. The van der Waals surface area contributed by atoms with Crippen molar-refractivity contribution in [3.63, 3.8) is 0 Å². The van der Waals surface area contributed by atoms with Crippen molar-refractivity contribution in [3.05, 3.63) is 27.7 Å². The minimum atomic E-state index is -0.467. The van der Waals surface area contributed by atoms with Gasteiger partial charge in [-0.05, 0) is 17.5 Å². The average molecular weight is 328 g/mol. The molecule has 0 aliphatic rings. The fourth-order valence-corrected chi connectivity index (χ4v) is 2.45. The number of phenolic OH excluding ortho intramolecular Hbond substituents is 1. The summed E-state index contributed by atoms with van der Waals surface area (Å²) in [5.41, 5.74) is 7.32. The number of rotatable bonds is 4. The average Bonchev–Trinajstić information content (AvgIpc) is 2.29. The van der Waals surface area contributed by atoms with Crippen molar-refractivity contribution < 1.29 is 9.90 Å². The molecule has 0 heterocycles. The first-order chi connectivity index (χ1) is 8.66. The summed E-state index contributed by atoms with van der Waals surface area (Å²) in [6.07, 6.45) is 0.721. The Labute approximate surface area is 123 Å². The zero-order valence-electron chi connectivity index (χ0n) is 12.0. The second kappa shape index (κ2) is 6.06. The summed E-state index contributed by atoms with van der Waals surface area (Å²) in [5.74, 6) is 0.302. The van der Waals surface area contributed by atoms with Gasteiger partial charge in [-0.25, -0.2) is 0 Å². The van der Waals surface area contributed by atoms with Crippen LogP contribution in [0.3, 0.4) is 0 Å². The largest absolute Gasteiger partial charge is 0.507 e. The monoisotopic (exact) mass is 327 g/mol. The van der Waals surface area contributed by atoms with Crippen molar-refractivity contribution in [1.29, 1.82) is 0 Å². The molecular formula is C15H22BrNO2. The van der Waals surface area contributed by atoms with Gasteiger partial charge in [0.15, 0.2) is 0 Å². The Hall–Kier alpha value is -0.870. The first-order valence-corrected chi connectivity index (χ1v) is 7.26. The van der Waals surface area contributed by atoms with E-state index in [2.05, 4.69) is 15.9 Å². The highest BCUT2D eigenvalue weighted by molar-refractivity contribution is 9.10. The van der Waals surface area contributed by atoms with E-state index >= 15 is 0 Å². The van der Waals surface area contributed by atoms with Gasteiger partial charge >= 0.3 is 0 Å². The number of benzene rings is 1. The van der Waals surface area contributed by atoms with E-state index in [0.717, 1.165) is 10.0 Å². The first-order valence-electron chi connectivity index (χ1n) is 6.47. The molecule has 106 valence electrons. The van der Waals surface area contributed by atoms with Gasteiger partial charge < -0.3 is 10.8 Å². The summed E-state index contributed by atoms with van der Waals surface area (Å²) in [4.78, 5) is 11.5. The molecule has 0 aliphatic carbocycles. The van der Waals surface area contributed by atoms with Crippen LogP contribution in [0.4, 0.5) is 0 Å². The van der Waals surface area contributed by atoms with Gasteiger partial charge in [-0.3, -0.25) is 4.79 Å². The van der Waals surface area contributed by atoms with Crippen LogP contribution in [0.1, 0.15) is 57.7 Å². The third kappa shape index (κ3) is 4.05. The van der Waals surface area contributed by atoms with E-state index < -0.39 is 6.04 Å². The van der Waals surface area contributed by atoms with Crippen molar-refractivity contribution in [2.45, 2.75) is 52.0 Å². The van der Waals surface area contributed by atoms with Gasteiger partial charge in [0.05, 0.1) is 0 Å². The van der Waals surface area contributed by atoms with E-state index in [1.165, 1.54) is 0 Å². The van der Waals surface area contributed by atoms with Crippen LogP contribution in [0.5, 0.6) is 5.75 Å². The number of carbonyl (C=O) groups excluding carboxylic acids is 1. The van der Waals surface area contributed by atoms with Crippen molar-refractivity contribution >= 4 is 21.7 Å². The fraction of sp³-hybridized carbons (Fsp3) is 0.533. The lowest BCUT2D eigenvalue weighted by atomic mass is 9.84. The van der Waals surface area contributed by atoms with Crippen LogP contribution < -0.4 is 5.73 Å². The Morgan fingerprint density at radius 3 is 2.47 bits per heavy atom. The molecule has 0 bridgehead atoms. The van der Waals surface area contributed by atoms with Gasteiger partial charge in [0.2, 0.25) is 0 Å². The van der Waals surface area contributed by atoms with E-state index in [0.29, 0.717) is 12.0 Å². The van der Waals surface area contributed by atoms with Gasteiger partial charge in [-0.2, -0.15) is 0 Å². The third-order valence-corrected chi connectivity index (χ3v) is 3.61. The Balaban J connectivity index is 3.22. The summed E-state index contributed by atoms with van der Waals surface area (Å²) in [7, 11) is 0. The lowest BCUT2D eigenvalue weighted by Gasteiger charge is -2.24. The van der Waals surface area contributed by atoms with Gasteiger partial charge in [0.1, 0.15) is 11.5 Å². The second-order valence-electron chi connectivity index (χ2n) is 5.84. The van der Waals surface area contributed by atoms with Crippen LogP contribution in [0.25, 0.3) is 0 Å². The number of phenols is 1. The fourth-order valence-electron chi connectivity index (χ4n) is 1.97. The molecule has 1 aromatic carbocycles. The predicted molar refractivity (Wildman–Crippen MR) is 81.4 cm³/mol. The molecular weight excluding hydrogens is 306 g/mol. The minimum Gasteiger partial charge on any atom is -0.507 e.